The normalized spacial score (nSPS) is 25.7. The van der Waals surface area contributed by atoms with Crippen LogP contribution in [0.1, 0.15) is 49.4 Å². The molecule has 3 aliphatic carbocycles. The first-order chi connectivity index (χ1) is 18.2. The molecule has 4 atom stereocenters. The quantitative estimate of drug-likeness (QED) is 0.249. The van der Waals surface area contributed by atoms with Crippen LogP contribution in [-0.2, 0) is 10.0 Å². The van der Waals surface area contributed by atoms with E-state index in [1.165, 1.54) is 19.9 Å². The van der Waals surface area contributed by atoms with Crippen LogP contribution in [0.2, 0.25) is 0 Å². The first-order valence-electron chi connectivity index (χ1n) is 13.1. The monoisotopic (exact) mass is 559 g/mol. The number of nitrogens with zero attached hydrogens (tertiary/aromatic N) is 4. The van der Waals surface area contributed by atoms with E-state index in [2.05, 4.69) is 20.3 Å². The van der Waals surface area contributed by atoms with Crippen molar-refractivity contribution in [2.75, 3.05) is 30.0 Å². The Hall–Kier alpha value is -2.45. The van der Waals surface area contributed by atoms with Crippen molar-refractivity contribution in [3.63, 3.8) is 0 Å². The number of aryl methyl sites for hydroxylation is 1. The van der Waals surface area contributed by atoms with Crippen molar-refractivity contribution in [3.8, 4) is 10.6 Å². The Kier molecular flexibility index (Phi) is 6.75. The third-order valence-corrected chi connectivity index (χ3v) is 10.2. The number of sulfonamides is 1. The summed E-state index contributed by atoms with van der Waals surface area (Å²) in [6.07, 6.45) is 4.42. The third-order valence-electron chi connectivity index (χ3n) is 7.72. The van der Waals surface area contributed by atoms with Crippen LogP contribution in [0.4, 0.5) is 11.8 Å². The first kappa shape index (κ1) is 25.8. The number of rotatable bonds is 10. The van der Waals surface area contributed by atoms with E-state index < -0.39 is 34.2 Å². The topological polar surface area (TPSA) is 162 Å². The molecule has 0 amide bonds. The summed E-state index contributed by atoms with van der Waals surface area (Å²) in [6, 6.07) is 1.38. The van der Waals surface area contributed by atoms with Gasteiger partial charge in [0.05, 0.1) is 39.5 Å². The zero-order chi connectivity index (χ0) is 26.6. The van der Waals surface area contributed by atoms with E-state index in [1.54, 1.807) is 11.3 Å². The van der Waals surface area contributed by atoms with Crippen LogP contribution in [0, 0.1) is 18.8 Å². The molecule has 11 nitrogen and oxygen atoms in total. The molecule has 0 aromatic carbocycles. The maximum Gasteiger partial charge on any atom is 0.224 e. The van der Waals surface area contributed by atoms with Gasteiger partial charge in [-0.3, -0.25) is 4.98 Å². The van der Waals surface area contributed by atoms with Gasteiger partial charge in [0.25, 0.3) is 0 Å². The minimum Gasteiger partial charge on any atom is -0.390 e. The highest BCUT2D eigenvalue weighted by atomic mass is 32.2. The number of thiazole rings is 1. The summed E-state index contributed by atoms with van der Waals surface area (Å²) in [5.74, 6) is 1.20. The van der Waals surface area contributed by atoms with Crippen LogP contribution >= 0.6 is 11.3 Å². The predicted octanol–water partition coefficient (Wildman–Crippen LogP) is 2.23. The number of aliphatic hydroxyl groups is 2. The van der Waals surface area contributed by atoms with Gasteiger partial charge in [-0.05, 0) is 58.1 Å². The average Bonchev–Trinajstić information content (AvgIpc) is 3.82. The Balaban J connectivity index is 1.35. The Morgan fingerprint density at radius 1 is 1.11 bits per heavy atom. The van der Waals surface area contributed by atoms with Crippen LogP contribution in [0.3, 0.4) is 0 Å². The van der Waals surface area contributed by atoms with E-state index in [4.69, 9.17) is 15.0 Å². The molecule has 3 fully saturated rings. The molecule has 0 bridgehead atoms. The SMILES string of the molecule is CNS(=O)(=O)C[C@H]1C[C@@H](Nc2nc(NCC3CC3)nc(C)c2-c2nc3c(C4CC4)nccc3s2)[C@H](O)[C@@H]1O. The van der Waals surface area contributed by atoms with Crippen molar-refractivity contribution >= 4 is 43.3 Å². The Labute approximate surface area is 225 Å². The summed E-state index contributed by atoms with van der Waals surface area (Å²) in [4.78, 5) is 19.1. The summed E-state index contributed by atoms with van der Waals surface area (Å²) in [5, 5.41) is 28.9. The molecular formula is C25H33N7O4S2. The van der Waals surface area contributed by atoms with Gasteiger partial charge in [0.2, 0.25) is 16.0 Å². The van der Waals surface area contributed by atoms with Crippen molar-refractivity contribution in [2.45, 2.75) is 63.2 Å². The van der Waals surface area contributed by atoms with Crippen molar-refractivity contribution in [2.24, 2.45) is 11.8 Å². The van der Waals surface area contributed by atoms with Gasteiger partial charge in [-0.1, -0.05) is 0 Å². The summed E-state index contributed by atoms with van der Waals surface area (Å²) in [5.41, 5.74) is 3.41. The highest BCUT2D eigenvalue weighted by Gasteiger charge is 2.43. The molecule has 13 heteroatoms. The van der Waals surface area contributed by atoms with Crippen molar-refractivity contribution < 1.29 is 18.6 Å². The fourth-order valence-corrected chi connectivity index (χ4v) is 7.31. The van der Waals surface area contributed by atoms with Crippen molar-refractivity contribution in [1.82, 2.24) is 24.7 Å². The summed E-state index contributed by atoms with van der Waals surface area (Å²) >= 11 is 1.55. The number of hydrogen-bond donors (Lipinski definition) is 5. The molecule has 3 aliphatic rings. The van der Waals surface area contributed by atoms with E-state index in [1.807, 2.05) is 19.2 Å². The van der Waals surface area contributed by atoms with Crippen LogP contribution in [0.25, 0.3) is 20.8 Å². The van der Waals surface area contributed by atoms with E-state index in [0.29, 0.717) is 23.6 Å². The number of aromatic nitrogens is 4. The smallest absolute Gasteiger partial charge is 0.224 e. The molecular weight excluding hydrogens is 526 g/mol. The fourth-order valence-electron chi connectivity index (χ4n) is 5.18. The second kappa shape index (κ2) is 9.94. The van der Waals surface area contributed by atoms with Gasteiger partial charge in [-0.25, -0.2) is 23.1 Å². The number of nitrogens with one attached hydrogen (secondary N) is 3. The van der Waals surface area contributed by atoms with Gasteiger partial charge in [-0.15, -0.1) is 11.3 Å². The molecule has 204 valence electrons. The lowest BCUT2D eigenvalue weighted by Gasteiger charge is -2.21. The molecule has 0 saturated heterocycles. The largest absolute Gasteiger partial charge is 0.390 e. The van der Waals surface area contributed by atoms with Crippen LogP contribution in [-0.4, -0.2) is 76.2 Å². The minimum atomic E-state index is -3.55. The highest BCUT2D eigenvalue weighted by Crippen LogP contribution is 2.44. The molecule has 0 unspecified atom stereocenters. The standard InChI is InChI=1S/C25H33N7O4S2/c1-12-18(24-31-20-17(37-24)7-8-27-19(20)14-5-6-14)23(32-25(29-12)28-10-13-3-4-13)30-16-9-15(21(33)22(16)34)11-38(35,36)26-2/h7-8,13-16,21-22,26,33-34H,3-6,9-11H2,1-2H3,(H2,28,29,30,32)/t15-,16-,21-,22+/m1/s1. The molecule has 5 N–H and O–H groups in total. The Morgan fingerprint density at radius 3 is 2.61 bits per heavy atom. The molecule has 3 heterocycles. The minimum absolute atomic E-state index is 0.265. The molecule has 3 aromatic rings. The van der Waals surface area contributed by atoms with E-state index in [0.717, 1.165) is 51.6 Å². The number of fused-ring (bicyclic) bond motifs is 1. The number of hydrogen-bond acceptors (Lipinski definition) is 11. The second-order valence-corrected chi connectivity index (χ2v) is 13.7. The zero-order valence-corrected chi connectivity index (χ0v) is 23.0. The molecule has 6 rings (SSSR count). The average molecular weight is 560 g/mol. The highest BCUT2D eigenvalue weighted by molar-refractivity contribution is 7.89. The van der Waals surface area contributed by atoms with Crippen LogP contribution < -0.4 is 15.4 Å². The number of anilines is 2. The molecule has 0 radical (unpaired) electrons. The molecule has 0 spiro atoms. The third kappa shape index (κ3) is 5.22. The van der Waals surface area contributed by atoms with Crippen molar-refractivity contribution in [1.29, 1.82) is 0 Å². The van der Waals surface area contributed by atoms with Gasteiger partial charge in [0, 0.05) is 24.6 Å². The molecule has 38 heavy (non-hydrogen) atoms. The number of aliphatic hydroxyl groups excluding tert-OH is 2. The van der Waals surface area contributed by atoms with E-state index in [9.17, 15) is 18.6 Å². The van der Waals surface area contributed by atoms with Crippen LogP contribution in [0.5, 0.6) is 0 Å². The Bertz CT molecular complexity index is 1460. The summed E-state index contributed by atoms with van der Waals surface area (Å²) < 4.78 is 27.6. The van der Waals surface area contributed by atoms with Gasteiger partial charge < -0.3 is 20.8 Å². The summed E-state index contributed by atoms with van der Waals surface area (Å²) in [7, 11) is -2.21. The second-order valence-electron chi connectivity index (χ2n) is 10.7. The van der Waals surface area contributed by atoms with Gasteiger partial charge in [-0.2, -0.15) is 4.98 Å². The maximum absolute atomic E-state index is 12.1. The predicted molar refractivity (Wildman–Crippen MR) is 147 cm³/mol. The van der Waals surface area contributed by atoms with Crippen molar-refractivity contribution in [3.05, 3.63) is 23.7 Å². The first-order valence-corrected chi connectivity index (χ1v) is 15.6. The van der Waals surface area contributed by atoms with Gasteiger partial charge in [0.15, 0.2) is 0 Å². The van der Waals surface area contributed by atoms with E-state index in [-0.39, 0.29) is 12.2 Å². The van der Waals surface area contributed by atoms with Gasteiger partial charge in [0.1, 0.15) is 22.4 Å². The zero-order valence-electron chi connectivity index (χ0n) is 21.4. The van der Waals surface area contributed by atoms with Crippen LogP contribution in [0.15, 0.2) is 12.3 Å². The lowest BCUT2D eigenvalue weighted by atomic mass is 10.1. The maximum atomic E-state index is 12.1. The van der Waals surface area contributed by atoms with E-state index >= 15 is 0 Å². The fraction of sp³-hybridized carbons (Fsp3) is 0.600. The summed E-state index contributed by atoms with van der Waals surface area (Å²) in [6.45, 7) is 2.71. The Morgan fingerprint density at radius 2 is 1.89 bits per heavy atom. The molecule has 3 saturated carbocycles. The molecule has 0 aliphatic heterocycles. The lowest BCUT2D eigenvalue weighted by Crippen LogP contribution is -2.37. The molecule has 3 aromatic heterocycles. The lowest BCUT2D eigenvalue weighted by molar-refractivity contribution is 0.0216. The van der Waals surface area contributed by atoms with Gasteiger partial charge >= 0.3 is 0 Å². The number of pyridine rings is 1.